The number of benzene rings is 1. The lowest BCUT2D eigenvalue weighted by molar-refractivity contribution is -0.137. The summed E-state index contributed by atoms with van der Waals surface area (Å²) in [6, 6.07) is 0.489. The summed E-state index contributed by atoms with van der Waals surface area (Å²) in [5.74, 6) is -3.04. The van der Waals surface area contributed by atoms with Crippen molar-refractivity contribution in [3.8, 4) is 0 Å². The molecule has 0 atom stereocenters. The van der Waals surface area contributed by atoms with E-state index in [4.69, 9.17) is 5.41 Å². The van der Waals surface area contributed by atoms with E-state index in [0.717, 1.165) is 6.92 Å². The maximum Gasteiger partial charge on any atom is 0.416 e. The van der Waals surface area contributed by atoms with Crippen molar-refractivity contribution >= 4 is 5.71 Å². The molecule has 0 unspecified atom stereocenters. The Bertz CT molecular complexity index is 408. The third-order valence-electron chi connectivity index (χ3n) is 1.76. The summed E-state index contributed by atoms with van der Waals surface area (Å²) < 4.78 is 62.2. The normalized spacial score (nSPS) is 11.6. The Morgan fingerprint density at radius 1 is 1.20 bits per heavy atom. The average Bonchev–Trinajstić information content (AvgIpc) is 2.06. The minimum atomic E-state index is -4.75. The molecule has 0 aliphatic heterocycles. The zero-order valence-electron chi connectivity index (χ0n) is 7.54. The first-order valence-corrected chi connectivity index (χ1v) is 3.85. The molecule has 15 heavy (non-hydrogen) atoms. The van der Waals surface area contributed by atoms with Crippen molar-refractivity contribution in [3.05, 3.63) is 34.9 Å². The van der Waals surface area contributed by atoms with Crippen molar-refractivity contribution in [1.82, 2.24) is 0 Å². The van der Waals surface area contributed by atoms with Gasteiger partial charge in [-0.05, 0) is 19.1 Å². The van der Waals surface area contributed by atoms with Gasteiger partial charge in [0.05, 0.1) is 5.56 Å². The molecule has 0 aromatic heterocycles. The summed E-state index contributed by atoms with van der Waals surface area (Å²) in [4.78, 5) is 0. The lowest BCUT2D eigenvalue weighted by atomic mass is 10.1. The maximum absolute atomic E-state index is 12.9. The lowest BCUT2D eigenvalue weighted by Crippen LogP contribution is -2.10. The summed E-state index contributed by atoms with van der Waals surface area (Å²) in [5.41, 5.74) is -2.44. The van der Waals surface area contributed by atoms with Crippen LogP contribution in [0.25, 0.3) is 0 Å². The minimum Gasteiger partial charge on any atom is -0.305 e. The Labute approximate surface area is 82.0 Å². The van der Waals surface area contributed by atoms with Gasteiger partial charge in [0, 0.05) is 11.3 Å². The first-order chi connectivity index (χ1) is 6.73. The second-order valence-electron chi connectivity index (χ2n) is 2.94. The number of rotatable bonds is 1. The van der Waals surface area contributed by atoms with E-state index in [1.54, 1.807) is 0 Å². The first-order valence-electron chi connectivity index (χ1n) is 3.85. The van der Waals surface area contributed by atoms with Crippen LogP contribution < -0.4 is 0 Å². The predicted molar refractivity (Wildman–Crippen MR) is 43.9 cm³/mol. The van der Waals surface area contributed by atoms with Crippen LogP contribution in [0.15, 0.2) is 12.1 Å². The number of alkyl halides is 3. The molecule has 0 saturated heterocycles. The van der Waals surface area contributed by atoms with Gasteiger partial charge in [0.15, 0.2) is 11.6 Å². The number of nitrogens with one attached hydrogen (secondary N) is 1. The Balaban J connectivity index is 3.43. The molecule has 0 spiro atoms. The molecule has 0 aliphatic carbocycles. The summed E-state index contributed by atoms with van der Waals surface area (Å²) in [7, 11) is 0. The van der Waals surface area contributed by atoms with Crippen molar-refractivity contribution in [2.75, 3.05) is 0 Å². The van der Waals surface area contributed by atoms with Crippen LogP contribution >= 0.6 is 0 Å². The monoisotopic (exact) mass is 223 g/mol. The Kier molecular flexibility index (Phi) is 2.79. The molecule has 6 heteroatoms. The molecular weight excluding hydrogens is 217 g/mol. The van der Waals surface area contributed by atoms with Crippen LogP contribution in [0, 0.1) is 17.0 Å². The second kappa shape index (κ2) is 3.60. The zero-order valence-corrected chi connectivity index (χ0v) is 7.54. The topological polar surface area (TPSA) is 23.9 Å². The summed E-state index contributed by atoms with van der Waals surface area (Å²) in [5, 5.41) is 7.00. The Hall–Kier alpha value is -1.46. The fraction of sp³-hybridized carbons (Fsp3) is 0.222. The number of hydrogen-bond donors (Lipinski definition) is 1. The molecule has 0 fully saturated rings. The molecule has 1 N–H and O–H groups in total. The van der Waals surface area contributed by atoms with Crippen molar-refractivity contribution < 1.29 is 22.0 Å². The fourth-order valence-corrected chi connectivity index (χ4v) is 1.03. The van der Waals surface area contributed by atoms with Crippen LogP contribution in [0.2, 0.25) is 0 Å². The van der Waals surface area contributed by atoms with Crippen molar-refractivity contribution in [3.63, 3.8) is 0 Å². The molecular formula is C9H6F5N. The zero-order chi connectivity index (χ0) is 11.8. The lowest BCUT2D eigenvalue weighted by Gasteiger charge is -2.09. The highest BCUT2D eigenvalue weighted by Gasteiger charge is 2.32. The molecule has 0 saturated carbocycles. The number of halogens is 5. The van der Waals surface area contributed by atoms with E-state index < -0.39 is 34.6 Å². The van der Waals surface area contributed by atoms with Gasteiger partial charge in [-0.3, -0.25) is 0 Å². The highest BCUT2D eigenvalue weighted by atomic mass is 19.4. The SMILES string of the molecule is CC(=N)c1cc(C(F)(F)F)cc(F)c1F. The molecule has 0 radical (unpaired) electrons. The molecule has 0 heterocycles. The van der Waals surface area contributed by atoms with E-state index in [-0.39, 0.29) is 6.07 Å². The van der Waals surface area contributed by atoms with Crippen molar-refractivity contribution in [1.29, 1.82) is 5.41 Å². The third kappa shape index (κ3) is 2.31. The molecule has 1 aromatic rings. The van der Waals surface area contributed by atoms with Gasteiger partial charge in [0.25, 0.3) is 0 Å². The fourth-order valence-electron chi connectivity index (χ4n) is 1.03. The van der Waals surface area contributed by atoms with E-state index in [9.17, 15) is 22.0 Å². The molecule has 1 aromatic carbocycles. The Morgan fingerprint density at radius 2 is 1.73 bits per heavy atom. The van der Waals surface area contributed by atoms with Crippen LogP contribution in [0.5, 0.6) is 0 Å². The first kappa shape index (κ1) is 11.6. The van der Waals surface area contributed by atoms with Gasteiger partial charge in [-0.25, -0.2) is 8.78 Å². The summed E-state index contributed by atoms with van der Waals surface area (Å²) >= 11 is 0. The highest BCUT2D eigenvalue weighted by molar-refractivity contribution is 5.96. The van der Waals surface area contributed by atoms with Crippen LogP contribution in [-0.2, 0) is 6.18 Å². The van der Waals surface area contributed by atoms with E-state index in [1.165, 1.54) is 0 Å². The van der Waals surface area contributed by atoms with E-state index in [0.29, 0.717) is 6.07 Å². The predicted octanol–water partition coefficient (Wildman–Crippen LogP) is 3.37. The third-order valence-corrected chi connectivity index (χ3v) is 1.76. The van der Waals surface area contributed by atoms with Crippen LogP contribution in [0.3, 0.4) is 0 Å². The van der Waals surface area contributed by atoms with Crippen molar-refractivity contribution in [2.45, 2.75) is 13.1 Å². The standard InChI is InChI=1S/C9H6F5N/c1-4(15)6-2-5(9(12,13)14)3-7(10)8(6)11/h2-3,15H,1H3. The summed E-state index contributed by atoms with van der Waals surface area (Å²) in [6.07, 6.45) is -4.75. The molecule has 82 valence electrons. The highest BCUT2D eigenvalue weighted by Crippen LogP contribution is 2.31. The molecule has 1 nitrogen and oxygen atoms in total. The largest absolute Gasteiger partial charge is 0.416 e. The number of hydrogen-bond acceptors (Lipinski definition) is 1. The molecule has 0 bridgehead atoms. The molecule has 0 aliphatic rings. The van der Waals surface area contributed by atoms with Crippen LogP contribution in [0.4, 0.5) is 22.0 Å². The van der Waals surface area contributed by atoms with Gasteiger partial charge < -0.3 is 5.41 Å². The van der Waals surface area contributed by atoms with Gasteiger partial charge in [0.1, 0.15) is 0 Å². The van der Waals surface area contributed by atoms with Gasteiger partial charge >= 0.3 is 6.18 Å². The molecule has 1 rings (SSSR count). The maximum atomic E-state index is 12.9. The smallest absolute Gasteiger partial charge is 0.305 e. The van der Waals surface area contributed by atoms with Gasteiger partial charge in [-0.1, -0.05) is 0 Å². The van der Waals surface area contributed by atoms with E-state index >= 15 is 0 Å². The van der Waals surface area contributed by atoms with Crippen molar-refractivity contribution in [2.24, 2.45) is 0 Å². The second-order valence-corrected chi connectivity index (χ2v) is 2.94. The van der Waals surface area contributed by atoms with Crippen LogP contribution in [-0.4, -0.2) is 5.71 Å². The van der Waals surface area contributed by atoms with Gasteiger partial charge in [0.2, 0.25) is 0 Å². The Morgan fingerprint density at radius 3 is 2.13 bits per heavy atom. The molecule has 0 amide bonds. The van der Waals surface area contributed by atoms with Crippen LogP contribution in [0.1, 0.15) is 18.1 Å². The van der Waals surface area contributed by atoms with Gasteiger partial charge in [-0.15, -0.1) is 0 Å². The van der Waals surface area contributed by atoms with E-state index in [2.05, 4.69) is 0 Å². The average molecular weight is 223 g/mol. The quantitative estimate of drug-likeness (QED) is 0.557. The van der Waals surface area contributed by atoms with E-state index in [1.807, 2.05) is 0 Å². The summed E-state index contributed by atoms with van der Waals surface area (Å²) in [6.45, 7) is 1.08. The van der Waals surface area contributed by atoms with Gasteiger partial charge in [-0.2, -0.15) is 13.2 Å². The minimum absolute atomic E-state index is 0.0712.